The summed E-state index contributed by atoms with van der Waals surface area (Å²) >= 11 is 0. The molecule has 92 valence electrons. The molecule has 1 aromatic carbocycles. The number of benzene rings is 1. The lowest BCUT2D eigenvalue weighted by molar-refractivity contribution is 0.538. The summed E-state index contributed by atoms with van der Waals surface area (Å²) in [6.45, 7) is 6.00. The Kier molecular flexibility index (Phi) is 3.43. The Morgan fingerprint density at radius 1 is 1.41 bits per heavy atom. The van der Waals surface area contributed by atoms with Gasteiger partial charge in [-0.3, -0.25) is 0 Å². The molecule has 1 aromatic heterocycles. The van der Waals surface area contributed by atoms with Gasteiger partial charge in [-0.1, -0.05) is 13.8 Å². The van der Waals surface area contributed by atoms with Crippen LogP contribution in [0.15, 0.2) is 18.2 Å². The second kappa shape index (κ2) is 4.84. The van der Waals surface area contributed by atoms with E-state index in [1.165, 1.54) is 12.1 Å². The molecule has 0 saturated heterocycles. The van der Waals surface area contributed by atoms with E-state index in [1.807, 2.05) is 11.6 Å². The van der Waals surface area contributed by atoms with Gasteiger partial charge in [-0.25, -0.2) is 9.37 Å². The van der Waals surface area contributed by atoms with Crippen molar-refractivity contribution in [3.63, 3.8) is 0 Å². The lowest BCUT2D eigenvalue weighted by atomic mass is 10.2. The van der Waals surface area contributed by atoms with E-state index >= 15 is 0 Å². The van der Waals surface area contributed by atoms with Crippen LogP contribution in [0.25, 0.3) is 11.0 Å². The van der Waals surface area contributed by atoms with Crippen molar-refractivity contribution in [2.75, 3.05) is 6.54 Å². The number of hydrogen-bond donors (Lipinski definition) is 1. The van der Waals surface area contributed by atoms with E-state index in [0.29, 0.717) is 12.5 Å². The summed E-state index contributed by atoms with van der Waals surface area (Å²) in [5.41, 5.74) is 1.68. The molecule has 0 aliphatic rings. The van der Waals surface area contributed by atoms with Crippen LogP contribution in [0.5, 0.6) is 0 Å². The van der Waals surface area contributed by atoms with Crippen molar-refractivity contribution in [2.45, 2.75) is 20.4 Å². The average molecular weight is 235 g/mol. The summed E-state index contributed by atoms with van der Waals surface area (Å²) in [5.74, 6) is 1.33. The largest absolute Gasteiger partial charge is 0.330 e. The van der Waals surface area contributed by atoms with Crippen LogP contribution in [0.3, 0.4) is 0 Å². The number of aromatic nitrogens is 2. The molecule has 0 radical (unpaired) electrons. The predicted molar refractivity (Wildman–Crippen MR) is 67.2 cm³/mol. The Hall–Kier alpha value is -1.42. The van der Waals surface area contributed by atoms with Crippen LogP contribution in [-0.2, 0) is 13.6 Å². The van der Waals surface area contributed by atoms with Crippen molar-refractivity contribution in [3.8, 4) is 0 Å². The number of aryl methyl sites for hydroxylation is 1. The van der Waals surface area contributed by atoms with Crippen molar-refractivity contribution in [3.05, 3.63) is 29.8 Å². The molecule has 2 rings (SSSR count). The molecule has 17 heavy (non-hydrogen) atoms. The Bertz CT molecular complexity index is 517. The SMILES string of the molecule is CC(C)CNCc1nc2ccc(F)cc2n1C. The predicted octanol–water partition coefficient (Wildman–Crippen LogP) is 2.46. The smallest absolute Gasteiger partial charge is 0.125 e. The van der Waals surface area contributed by atoms with Gasteiger partial charge in [0.2, 0.25) is 0 Å². The van der Waals surface area contributed by atoms with E-state index < -0.39 is 0 Å². The molecular formula is C13H18FN3. The molecule has 0 bridgehead atoms. The highest BCUT2D eigenvalue weighted by Crippen LogP contribution is 2.16. The molecule has 0 spiro atoms. The van der Waals surface area contributed by atoms with E-state index in [4.69, 9.17) is 0 Å². The van der Waals surface area contributed by atoms with Crippen LogP contribution >= 0.6 is 0 Å². The summed E-state index contributed by atoms with van der Waals surface area (Å²) in [7, 11) is 1.92. The van der Waals surface area contributed by atoms with Crippen LogP contribution in [0.2, 0.25) is 0 Å². The lowest BCUT2D eigenvalue weighted by Crippen LogP contribution is -2.20. The maximum absolute atomic E-state index is 13.1. The second-order valence-corrected chi connectivity index (χ2v) is 4.74. The van der Waals surface area contributed by atoms with Gasteiger partial charge in [0.05, 0.1) is 17.6 Å². The standard InChI is InChI=1S/C13H18FN3/c1-9(2)7-15-8-13-16-11-5-4-10(14)6-12(11)17(13)3/h4-6,9,15H,7-8H2,1-3H3. The highest BCUT2D eigenvalue weighted by molar-refractivity contribution is 5.75. The second-order valence-electron chi connectivity index (χ2n) is 4.74. The first kappa shape index (κ1) is 12.0. The number of nitrogens with zero attached hydrogens (tertiary/aromatic N) is 2. The lowest BCUT2D eigenvalue weighted by Gasteiger charge is -2.07. The maximum atomic E-state index is 13.1. The fourth-order valence-electron chi connectivity index (χ4n) is 1.84. The molecule has 0 atom stereocenters. The van der Waals surface area contributed by atoms with Gasteiger partial charge in [-0.15, -0.1) is 0 Å². The Balaban J connectivity index is 2.20. The third kappa shape index (κ3) is 2.64. The third-order valence-electron chi connectivity index (χ3n) is 2.77. The first-order valence-corrected chi connectivity index (χ1v) is 5.89. The van der Waals surface area contributed by atoms with Crippen molar-refractivity contribution in [1.82, 2.24) is 14.9 Å². The number of nitrogens with one attached hydrogen (secondary N) is 1. The highest BCUT2D eigenvalue weighted by atomic mass is 19.1. The van der Waals surface area contributed by atoms with E-state index in [2.05, 4.69) is 24.1 Å². The highest BCUT2D eigenvalue weighted by Gasteiger charge is 2.08. The first-order chi connectivity index (χ1) is 8.08. The zero-order chi connectivity index (χ0) is 12.4. The number of fused-ring (bicyclic) bond motifs is 1. The Morgan fingerprint density at radius 2 is 2.18 bits per heavy atom. The topological polar surface area (TPSA) is 29.9 Å². The van der Waals surface area contributed by atoms with E-state index in [9.17, 15) is 4.39 Å². The minimum atomic E-state index is -0.220. The molecular weight excluding hydrogens is 217 g/mol. The zero-order valence-corrected chi connectivity index (χ0v) is 10.5. The number of halogens is 1. The third-order valence-corrected chi connectivity index (χ3v) is 2.77. The molecule has 0 unspecified atom stereocenters. The fraction of sp³-hybridized carbons (Fsp3) is 0.462. The summed E-state index contributed by atoms with van der Waals surface area (Å²) in [6, 6.07) is 4.69. The molecule has 1 heterocycles. The summed E-state index contributed by atoms with van der Waals surface area (Å²) in [6.07, 6.45) is 0. The molecule has 0 amide bonds. The molecule has 0 fully saturated rings. The number of hydrogen-bond acceptors (Lipinski definition) is 2. The van der Waals surface area contributed by atoms with Gasteiger partial charge in [-0.2, -0.15) is 0 Å². The first-order valence-electron chi connectivity index (χ1n) is 5.89. The van der Waals surface area contributed by atoms with Gasteiger partial charge in [0.15, 0.2) is 0 Å². The van der Waals surface area contributed by atoms with Gasteiger partial charge in [0.1, 0.15) is 11.6 Å². The van der Waals surface area contributed by atoms with Crippen LogP contribution in [0.1, 0.15) is 19.7 Å². The molecule has 1 N–H and O–H groups in total. The van der Waals surface area contributed by atoms with Gasteiger partial charge >= 0.3 is 0 Å². The van der Waals surface area contributed by atoms with Crippen molar-refractivity contribution >= 4 is 11.0 Å². The molecule has 0 aliphatic carbocycles. The zero-order valence-electron chi connectivity index (χ0n) is 10.5. The molecule has 2 aromatic rings. The monoisotopic (exact) mass is 235 g/mol. The number of imidazole rings is 1. The van der Waals surface area contributed by atoms with Gasteiger partial charge in [0.25, 0.3) is 0 Å². The molecule has 3 nitrogen and oxygen atoms in total. The maximum Gasteiger partial charge on any atom is 0.125 e. The van der Waals surface area contributed by atoms with Crippen molar-refractivity contribution < 1.29 is 4.39 Å². The fourth-order valence-corrected chi connectivity index (χ4v) is 1.84. The van der Waals surface area contributed by atoms with Crippen LogP contribution in [0.4, 0.5) is 4.39 Å². The van der Waals surface area contributed by atoms with Gasteiger partial charge < -0.3 is 9.88 Å². The van der Waals surface area contributed by atoms with Crippen LogP contribution in [0, 0.1) is 11.7 Å². The van der Waals surface area contributed by atoms with Crippen LogP contribution < -0.4 is 5.32 Å². The van der Waals surface area contributed by atoms with Crippen molar-refractivity contribution in [1.29, 1.82) is 0 Å². The minimum absolute atomic E-state index is 0.220. The van der Waals surface area contributed by atoms with Crippen molar-refractivity contribution in [2.24, 2.45) is 13.0 Å². The molecule has 4 heteroatoms. The summed E-state index contributed by atoms with van der Waals surface area (Å²) in [4.78, 5) is 4.48. The van der Waals surface area contributed by atoms with Gasteiger partial charge in [-0.05, 0) is 30.7 Å². The van der Waals surface area contributed by atoms with E-state index in [1.54, 1.807) is 6.07 Å². The summed E-state index contributed by atoms with van der Waals surface area (Å²) in [5, 5.41) is 3.34. The molecule has 0 aliphatic heterocycles. The average Bonchev–Trinajstić information content (AvgIpc) is 2.56. The van der Waals surface area contributed by atoms with E-state index in [-0.39, 0.29) is 5.82 Å². The van der Waals surface area contributed by atoms with E-state index in [0.717, 1.165) is 23.4 Å². The Labute approximate surface area is 101 Å². The van der Waals surface area contributed by atoms with Gasteiger partial charge in [0, 0.05) is 7.05 Å². The Morgan fingerprint density at radius 3 is 2.88 bits per heavy atom. The normalized spacial score (nSPS) is 11.6. The molecule has 0 saturated carbocycles. The van der Waals surface area contributed by atoms with Crippen LogP contribution in [-0.4, -0.2) is 16.1 Å². The minimum Gasteiger partial charge on any atom is -0.330 e. The quantitative estimate of drug-likeness (QED) is 0.882. The summed E-state index contributed by atoms with van der Waals surface area (Å²) < 4.78 is 15.1. The number of rotatable bonds is 4.